The van der Waals surface area contributed by atoms with Crippen molar-refractivity contribution in [1.29, 1.82) is 0 Å². The van der Waals surface area contributed by atoms with E-state index in [0.717, 1.165) is 6.42 Å². The van der Waals surface area contributed by atoms with Crippen molar-refractivity contribution in [2.24, 2.45) is 0 Å². The minimum Gasteiger partial charge on any atom is -0.118 e. The topological polar surface area (TPSA) is 0 Å². The van der Waals surface area contributed by atoms with Crippen LogP contribution < -0.4 is 0 Å². The molecule has 0 saturated carbocycles. The van der Waals surface area contributed by atoms with E-state index < -0.39 is 8.07 Å². The highest BCUT2D eigenvalue weighted by Crippen LogP contribution is 2.50. The first kappa shape index (κ1) is 15.3. The molecule has 1 atom stereocenters. The molecule has 0 N–H and O–H groups in total. The molecule has 0 saturated heterocycles. The van der Waals surface area contributed by atoms with Crippen molar-refractivity contribution in [3.63, 3.8) is 0 Å². The second-order valence-electron chi connectivity index (χ2n) is 7.51. The van der Waals surface area contributed by atoms with Crippen molar-refractivity contribution < 1.29 is 0 Å². The maximum Gasteiger partial charge on any atom is 0.109 e. The fourth-order valence-electron chi connectivity index (χ4n) is 4.33. The van der Waals surface area contributed by atoms with Crippen molar-refractivity contribution in [3.05, 3.63) is 79.6 Å². The molecular formula is C21H24SSi. The highest BCUT2D eigenvalue weighted by molar-refractivity contribution is 8.04. The van der Waals surface area contributed by atoms with Crippen LogP contribution in [0.4, 0.5) is 0 Å². The third-order valence-corrected chi connectivity index (χ3v) is 10.9. The molecule has 1 aliphatic heterocycles. The summed E-state index contributed by atoms with van der Waals surface area (Å²) in [6.45, 7) is 11.9. The zero-order chi connectivity index (χ0) is 16.4. The summed E-state index contributed by atoms with van der Waals surface area (Å²) in [5.41, 5.74) is 7.50. The molecule has 1 unspecified atom stereocenters. The molecule has 0 nitrogen and oxygen atoms in total. The molecule has 23 heavy (non-hydrogen) atoms. The van der Waals surface area contributed by atoms with Crippen molar-refractivity contribution in [2.45, 2.75) is 45.5 Å². The Kier molecular flexibility index (Phi) is 3.40. The van der Waals surface area contributed by atoms with Gasteiger partial charge in [0.25, 0.3) is 0 Å². The smallest absolute Gasteiger partial charge is 0.109 e. The van der Waals surface area contributed by atoms with Gasteiger partial charge in [0.15, 0.2) is 0 Å². The molecule has 118 valence electrons. The lowest BCUT2D eigenvalue weighted by molar-refractivity contribution is 1.19. The van der Waals surface area contributed by atoms with Crippen LogP contribution in [0.5, 0.6) is 0 Å². The Balaban J connectivity index is 1.76. The monoisotopic (exact) mass is 336 g/mol. The van der Waals surface area contributed by atoms with Gasteiger partial charge in [-0.2, -0.15) is 0 Å². The summed E-state index contributed by atoms with van der Waals surface area (Å²) in [5, 5.41) is 3.87. The number of hydrogen-bond donors (Lipinski definition) is 0. The van der Waals surface area contributed by atoms with Crippen LogP contribution in [0, 0.1) is 0 Å². The maximum absolute atomic E-state index is 2.55. The number of fused-ring (bicyclic) bond motifs is 2. The molecule has 0 aromatic rings. The first-order valence-corrected chi connectivity index (χ1v) is 12.4. The number of thioether (sulfide) groups is 1. The summed E-state index contributed by atoms with van der Waals surface area (Å²) in [4.78, 5) is 1.49. The Morgan fingerprint density at radius 2 is 1.91 bits per heavy atom. The highest BCUT2D eigenvalue weighted by atomic mass is 32.2. The lowest BCUT2D eigenvalue weighted by Crippen LogP contribution is -2.33. The summed E-state index contributed by atoms with van der Waals surface area (Å²) in [5.74, 6) is 0. The average Bonchev–Trinajstić information content (AvgIpc) is 3.17. The number of rotatable bonds is 2. The zero-order valence-electron chi connectivity index (χ0n) is 14.7. The minimum atomic E-state index is -1.58. The molecule has 0 radical (unpaired) electrons. The van der Waals surface area contributed by atoms with E-state index in [4.69, 9.17) is 0 Å². The number of allylic oxidation sites excluding steroid dienone is 12. The van der Waals surface area contributed by atoms with Crippen LogP contribution in [-0.4, -0.2) is 13.3 Å². The molecule has 0 aromatic carbocycles. The second kappa shape index (κ2) is 5.12. The van der Waals surface area contributed by atoms with Gasteiger partial charge in [0.05, 0.1) is 5.25 Å². The molecule has 0 bridgehead atoms. The van der Waals surface area contributed by atoms with Crippen molar-refractivity contribution in [3.8, 4) is 0 Å². The lowest BCUT2D eigenvalue weighted by Gasteiger charge is -2.31. The van der Waals surface area contributed by atoms with Gasteiger partial charge in [-0.05, 0) is 65.7 Å². The van der Waals surface area contributed by atoms with E-state index in [0.29, 0.717) is 5.25 Å². The van der Waals surface area contributed by atoms with Gasteiger partial charge in [-0.1, -0.05) is 54.2 Å². The summed E-state index contributed by atoms with van der Waals surface area (Å²) in [6.07, 6.45) is 15.5. The van der Waals surface area contributed by atoms with Gasteiger partial charge in [0, 0.05) is 0 Å². The second-order valence-corrected chi connectivity index (χ2v) is 13.3. The molecule has 3 aliphatic carbocycles. The lowest BCUT2D eigenvalue weighted by atomic mass is 9.92. The summed E-state index contributed by atoms with van der Waals surface area (Å²) >= 11 is 2.03. The van der Waals surface area contributed by atoms with E-state index in [1.54, 1.807) is 10.4 Å². The van der Waals surface area contributed by atoms with Crippen LogP contribution in [0.3, 0.4) is 0 Å². The SMILES string of the molecule is CC1=C([Si](C)(C)C2=CC=CC2)C2=CC3SC(C)=C(C)C3=CC2=C1. The van der Waals surface area contributed by atoms with E-state index in [2.05, 4.69) is 70.3 Å². The largest absolute Gasteiger partial charge is 0.118 e. The third kappa shape index (κ3) is 2.19. The maximum atomic E-state index is 2.55. The van der Waals surface area contributed by atoms with Crippen LogP contribution in [0.1, 0.15) is 27.2 Å². The zero-order valence-corrected chi connectivity index (χ0v) is 16.5. The van der Waals surface area contributed by atoms with Gasteiger partial charge < -0.3 is 0 Å². The van der Waals surface area contributed by atoms with Gasteiger partial charge in [-0.15, -0.1) is 11.8 Å². The molecule has 0 amide bonds. The highest BCUT2D eigenvalue weighted by Gasteiger charge is 2.39. The standard InChI is InChI=1S/C21H24SSi/c1-13-10-16-11-18-14(2)15(3)22-20(18)12-19(16)21(13)23(4,5)17-8-6-7-9-17/h6-8,10-12,20H,9H2,1-5H3. The quantitative estimate of drug-likeness (QED) is 0.542. The first-order chi connectivity index (χ1) is 10.9. The predicted molar refractivity (Wildman–Crippen MR) is 106 cm³/mol. The Morgan fingerprint density at radius 3 is 2.61 bits per heavy atom. The predicted octanol–water partition coefficient (Wildman–Crippen LogP) is 6.19. The minimum absolute atomic E-state index is 0.531. The summed E-state index contributed by atoms with van der Waals surface area (Å²) in [6, 6.07) is 0. The van der Waals surface area contributed by atoms with Gasteiger partial charge in [0.2, 0.25) is 0 Å². The first-order valence-electron chi connectivity index (χ1n) is 8.47. The molecule has 0 spiro atoms. The van der Waals surface area contributed by atoms with E-state index >= 15 is 0 Å². The van der Waals surface area contributed by atoms with Crippen molar-refractivity contribution in [1.82, 2.24) is 0 Å². The van der Waals surface area contributed by atoms with Crippen LogP contribution in [0.2, 0.25) is 13.1 Å². The number of hydrogen-bond acceptors (Lipinski definition) is 1. The Labute approximate surface area is 145 Å². The fourth-order valence-corrected chi connectivity index (χ4v) is 9.00. The normalized spacial score (nSPS) is 26.2. The van der Waals surface area contributed by atoms with Gasteiger partial charge in [-0.25, -0.2) is 0 Å². The Hall–Kier alpha value is -1.25. The summed E-state index contributed by atoms with van der Waals surface area (Å²) < 4.78 is 0. The Bertz CT molecular complexity index is 822. The van der Waals surface area contributed by atoms with Crippen LogP contribution in [0.15, 0.2) is 79.6 Å². The van der Waals surface area contributed by atoms with E-state index in [9.17, 15) is 0 Å². The molecule has 4 rings (SSSR count). The fraction of sp³-hybridized carbons (Fsp3) is 0.333. The van der Waals surface area contributed by atoms with Crippen LogP contribution >= 0.6 is 11.8 Å². The molecule has 1 heterocycles. The molecule has 0 fully saturated rings. The Morgan fingerprint density at radius 1 is 1.13 bits per heavy atom. The van der Waals surface area contributed by atoms with Crippen molar-refractivity contribution in [2.75, 3.05) is 0 Å². The van der Waals surface area contributed by atoms with E-state index in [1.807, 2.05) is 11.8 Å². The van der Waals surface area contributed by atoms with Gasteiger partial charge in [0.1, 0.15) is 8.07 Å². The van der Waals surface area contributed by atoms with Crippen LogP contribution in [0.25, 0.3) is 0 Å². The summed E-state index contributed by atoms with van der Waals surface area (Å²) in [7, 11) is -1.58. The third-order valence-electron chi connectivity index (χ3n) is 5.75. The van der Waals surface area contributed by atoms with E-state index in [1.165, 1.54) is 32.8 Å². The van der Waals surface area contributed by atoms with E-state index in [-0.39, 0.29) is 0 Å². The average molecular weight is 337 g/mol. The molecule has 0 aromatic heterocycles. The van der Waals surface area contributed by atoms with Crippen molar-refractivity contribution >= 4 is 19.8 Å². The van der Waals surface area contributed by atoms with Crippen LogP contribution in [-0.2, 0) is 0 Å². The molecular weight excluding hydrogens is 312 g/mol. The van der Waals surface area contributed by atoms with Gasteiger partial charge in [-0.3, -0.25) is 0 Å². The molecule has 4 aliphatic rings. The van der Waals surface area contributed by atoms with Gasteiger partial charge >= 0.3 is 0 Å². The molecule has 2 heteroatoms.